The van der Waals surface area contributed by atoms with Crippen LogP contribution in [-0.4, -0.2) is 20.1 Å². The van der Waals surface area contributed by atoms with E-state index in [0.717, 1.165) is 24.0 Å². The van der Waals surface area contributed by atoms with Crippen molar-refractivity contribution < 1.29 is 14.3 Å². The minimum Gasteiger partial charge on any atom is -0.493 e. The van der Waals surface area contributed by atoms with Crippen molar-refractivity contribution in [2.75, 3.05) is 14.2 Å². The summed E-state index contributed by atoms with van der Waals surface area (Å²) in [6, 6.07) is 13.2. The Morgan fingerprint density at radius 2 is 1.75 bits per heavy atom. The van der Waals surface area contributed by atoms with Crippen LogP contribution in [0, 0.1) is 0 Å². The van der Waals surface area contributed by atoms with Gasteiger partial charge < -0.3 is 14.8 Å². The highest BCUT2D eigenvalue weighted by Crippen LogP contribution is 2.50. The van der Waals surface area contributed by atoms with Crippen molar-refractivity contribution in [1.82, 2.24) is 5.32 Å². The fourth-order valence-corrected chi connectivity index (χ4v) is 2.99. The van der Waals surface area contributed by atoms with Gasteiger partial charge in [0.25, 0.3) is 0 Å². The Hall–Kier alpha value is -2.20. The van der Waals surface area contributed by atoms with E-state index in [9.17, 15) is 4.79 Å². The van der Waals surface area contributed by atoms with E-state index in [-0.39, 0.29) is 5.91 Å². The van der Waals surface area contributed by atoms with Gasteiger partial charge in [0.1, 0.15) is 0 Å². The molecule has 0 saturated heterocycles. The summed E-state index contributed by atoms with van der Waals surface area (Å²) in [5.74, 6) is 1.36. The highest BCUT2D eigenvalue weighted by molar-refractivity contribution is 6.30. The van der Waals surface area contributed by atoms with Gasteiger partial charge in [-0.1, -0.05) is 29.8 Å². The van der Waals surface area contributed by atoms with Crippen molar-refractivity contribution in [3.05, 3.63) is 58.6 Å². The molecule has 1 aliphatic carbocycles. The number of carbonyl (C=O) groups is 1. The number of hydrogen-bond donors (Lipinski definition) is 1. The topological polar surface area (TPSA) is 47.6 Å². The maximum atomic E-state index is 12.7. The van der Waals surface area contributed by atoms with E-state index in [4.69, 9.17) is 21.1 Å². The minimum absolute atomic E-state index is 0.0460. The lowest BCUT2D eigenvalue weighted by molar-refractivity contribution is -0.123. The molecule has 2 aromatic rings. The Morgan fingerprint density at radius 1 is 1.08 bits per heavy atom. The van der Waals surface area contributed by atoms with Crippen LogP contribution in [0.5, 0.6) is 11.5 Å². The van der Waals surface area contributed by atoms with Gasteiger partial charge in [-0.3, -0.25) is 4.79 Å². The predicted molar refractivity (Wildman–Crippen MR) is 93.8 cm³/mol. The first kappa shape index (κ1) is 16.7. The Bertz CT molecular complexity index is 739. The summed E-state index contributed by atoms with van der Waals surface area (Å²) in [5.41, 5.74) is 1.54. The average molecular weight is 346 g/mol. The molecule has 1 amide bonds. The number of benzene rings is 2. The van der Waals surface area contributed by atoms with Crippen molar-refractivity contribution in [2.24, 2.45) is 0 Å². The maximum Gasteiger partial charge on any atom is 0.230 e. The number of hydrogen-bond acceptors (Lipinski definition) is 3. The molecular weight excluding hydrogens is 326 g/mol. The van der Waals surface area contributed by atoms with Gasteiger partial charge in [0, 0.05) is 11.6 Å². The molecule has 2 aromatic carbocycles. The normalized spacial score (nSPS) is 14.8. The van der Waals surface area contributed by atoms with Gasteiger partial charge in [-0.2, -0.15) is 0 Å². The number of halogens is 1. The summed E-state index contributed by atoms with van der Waals surface area (Å²) in [4.78, 5) is 12.7. The molecule has 0 bridgehead atoms. The summed E-state index contributed by atoms with van der Waals surface area (Å²) in [6.07, 6.45) is 1.68. The summed E-state index contributed by atoms with van der Waals surface area (Å²) < 4.78 is 10.6. The lowest BCUT2D eigenvalue weighted by Crippen LogP contribution is -2.34. The zero-order valence-electron chi connectivity index (χ0n) is 13.8. The molecular formula is C19H20ClNO3. The van der Waals surface area contributed by atoms with Crippen LogP contribution in [0.25, 0.3) is 0 Å². The van der Waals surface area contributed by atoms with E-state index >= 15 is 0 Å². The molecule has 0 aromatic heterocycles. The van der Waals surface area contributed by atoms with E-state index in [1.807, 2.05) is 42.5 Å². The molecule has 1 N–H and O–H groups in total. The van der Waals surface area contributed by atoms with Crippen molar-refractivity contribution in [3.8, 4) is 11.5 Å². The molecule has 1 aliphatic rings. The Labute approximate surface area is 146 Å². The van der Waals surface area contributed by atoms with Crippen LogP contribution in [0.4, 0.5) is 0 Å². The van der Waals surface area contributed by atoms with Crippen LogP contribution in [0.15, 0.2) is 42.5 Å². The van der Waals surface area contributed by atoms with Gasteiger partial charge in [-0.15, -0.1) is 0 Å². The molecule has 24 heavy (non-hydrogen) atoms. The standard InChI is InChI=1S/C19H20ClNO3/c1-23-16-8-5-14(11-17(16)24-2)19(9-10-19)18(22)21-12-13-3-6-15(20)7-4-13/h3-8,11H,9-10,12H2,1-2H3,(H,21,22). The van der Waals surface area contributed by atoms with E-state index in [1.54, 1.807) is 14.2 Å². The molecule has 5 heteroatoms. The molecule has 0 atom stereocenters. The third-order valence-corrected chi connectivity index (χ3v) is 4.74. The number of rotatable bonds is 6. The SMILES string of the molecule is COc1ccc(C2(C(=O)NCc3ccc(Cl)cc3)CC2)cc1OC. The molecule has 4 nitrogen and oxygen atoms in total. The molecule has 1 fully saturated rings. The molecule has 0 radical (unpaired) electrons. The zero-order chi connectivity index (χ0) is 17.2. The minimum atomic E-state index is -0.452. The summed E-state index contributed by atoms with van der Waals surface area (Å²) >= 11 is 5.88. The number of methoxy groups -OCH3 is 2. The third-order valence-electron chi connectivity index (χ3n) is 4.49. The first-order valence-corrected chi connectivity index (χ1v) is 8.22. The van der Waals surface area contributed by atoms with E-state index in [1.165, 1.54) is 0 Å². The predicted octanol–water partition coefficient (Wildman–Crippen LogP) is 3.71. The van der Waals surface area contributed by atoms with Crippen molar-refractivity contribution in [2.45, 2.75) is 24.8 Å². The number of amides is 1. The van der Waals surface area contributed by atoms with Crippen LogP contribution in [0.2, 0.25) is 5.02 Å². The summed E-state index contributed by atoms with van der Waals surface area (Å²) in [5, 5.41) is 3.72. The number of carbonyl (C=O) groups excluding carboxylic acids is 1. The summed E-state index contributed by atoms with van der Waals surface area (Å²) in [7, 11) is 3.20. The van der Waals surface area contributed by atoms with Crippen LogP contribution in [0.3, 0.4) is 0 Å². The molecule has 3 rings (SSSR count). The van der Waals surface area contributed by atoms with Gasteiger partial charge in [0.15, 0.2) is 11.5 Å². The Morgan fingerprint density at radius 3 is 2.33 bits per heavy atom. The highest BCUT2D eigenvalue weighted by atomic mass is 35.5. The molecule has 0 aliphatic heterocycles. The van der Waals surface area contributed by atoms with E-state index in [0.29, 0.717) is 23.1 Å². The number of nitrogens with one attached hydrogen (secondary N) is 1. The van der Waals surface area contributed by atoms with Gasteiger partial charge in [0.05, 0.1) is 19.6 Å². The molecule has 1 saturated carbocycles. The van der Waals surface area contributed by atoms with Gasteiger partial charge >= 0.3 is 0 Å². The number of ether oxygens (including phenoxy) is 2. The molecule has 0 heterocycles. The lowest BCUT2D eigenvalue weighted by atomic mass is 9.94. The fraction of sp³-hybridized carbons (Fsp3) is 0.316. The lowest BCUT2D eigenvalue weighted by Gasteiger charge is -2.18. The van der Waals surface area contributed by atoms with Crippen molar-refractivity contribution in [1.29, 1.82) is 0 Å². The van der Waals surface area contributed by atoms with Crippen molar-refractivity contribution in [3.63, 3.8) is 0 Å². The summed E-state index contributed by atoms with van der Waals surface area (Å²) in [6.45, 7) is 0.491. The van der Waals surface area contributed by atoms with Crippen LogP contribution >= 0.6 is 11.6 Å². The highest BCUT2D eigenvalue weighted by Gasteiger charge is 2.51. The Balaban J connectivity index is 1.73. The largest absolute Gasteiger partial charge is 0.493 e. The first-order chi connectivity index (χ1) is 11.6. The molecule has 0 spiro atoms. The zero-order valence-corrected chi connectivity index (χ0v) is 14.5. The Kier molecular flexibility index (Phi) is 4.67. The second kappa shape index (κ2) is 6.73. The van der Waals surface area contributed by atoms with Gasteiger partial charge in [-0.05, 0) is 48.2 Å². The second-order valence-corrected chi connectivity index (χ2v) is 6.40. The van der Waals surface area contributed by atoms with Crippen molar-refractivity contribution >= 4 is 17.5 Å². The quantitative estimate of drug-likeness (QED) is 0.868. The second-order valence-electron chi connectivity index (χ2n) is 5.96. The fourth-order valence-electron chi connectivity index (χ4n) is 2.86. The molecule has 126 valence electrons. The first-order valence-electron chi connectivity index (χ1n) is 7.84. The smallest absolute Gasteiger partial charge is 0.230 e. The maximum absolute atomic E-state index is 12.7. The third kappa shape index (κ3) is 3.20. The molecule has 0 unspecified atom stereocenters. The van der Waals surface area contributed by atoms with E-state index in [2.05, 4.69) is 5.32 Å². The van der Waals surface area contributed by atoms with E-state index < -0.39 is 5.41 Å². The van der Waals surface area contributed by atoms with Crippen LogP contribution in [0.1, 0.15) is 24.0 Å². The van der Waals surface area contributed by atoms with Crippen LogP contribution < -0.4 is 14.8 Å². The van der Waals surface area contributed by atoms with Gasteiger partial charge in [0.2, 0.25) is 5.91 Å². The monoisotopic (exact) mass is 345 g/mol. The average Bonchev–Trinajstić information content (AvgIpc) is 3.42. The van der Waals surface area contributed by atoms with Gasteiger partial charge in [-0.25, -0.2) is 0 Å². The van der Waals surface area contributed by atoms with Crippen LogP contribution in [-0.2, 0) is 16.8 Å².